The average Bonchev–Trinajstić information content (AvgIpc) is 2.47. The molecule has 0 spiro atoms. The summed E-state index contributed by atoms with van der Waals surface area (Å²) in [5.74, 6) is 0.433. The summed E-state index contributed by atoms with van der Waals surface area (Å²) in [4.78, 5) is 6.49. The van der Waals surface area contributed by atoms with E-state index >= 15 is 0 Å². The Morgan fingerprint density at radius 2 is 2.25 bits per heavy atom. The van der Waals surface area contributed by atoms with Gasteiger partial charge < -0.3 is 16.0 Å². The largest absolute Gasteiger partial charge is 0.409 e. The molecule has 110 valence electrons. The highest BCUT2D eigenvalue weighted by Crippen LogP contribution is 2.22. The van der Waals surface area contributed by atoms with Crippen molar-refractivity contribution in [2.75, 3.05) is 13.1 Å². The van der Waals surface area contributed by atoms with Gasteiger partial charge >= 0.3 is 0 Å². The van der Waals surface area contributed by atoms with Gasteiger partial charge in [-0.15, -0.1) is 0 Å². The van der Waals surface area contributed by atoms with E-state index in [1.807, 2.05) is 19.1 Å². The molecule has 0 aromatic carbocycles. The number of likely N-dealkylation sites (tertiary alicyclic amines) is 1. The molecule has 1 aromatic heterocycles. The molecule has 0 aliphatic carbocycles. The molecule has 1 unspecified atom stereocenters. The minimum atomic E-state index is -0.233. The molecule has 1 atom stereocenters. The quantitative estimate of drug-likeness (QED) is 0.327. The highest BCUT2D eigenvalue weighted by Gasteiger charge is 2.23. The summed E-state index contributed by atoms with van der Waals surface area (Å²) >= 11 is 0. The monoisotopic (exact) mass is 278 g/mol. The summed E-state index contributed by atoms with van der Waals surface area (Å²) in [5, 5.41) is 21.4. The smallest absolute Gasteiger partial charge is 0.189 e. The normalized spacial score (nSPS) is 20.0. The molecule has 1 saturated heterocycles. The van der Waals surface area contributed by atoms with E-state index in [2.05, 4.69) is 15.0 Å². The van der Waals surface area contributed by atoms with Crippen LogP contribution in [0.4, 0.5) is 0 Å². The molecule has 0 bridgehead atoms. The van der Waals surface area contributed by atoms with Crippen molar-refractivity contribution in [3.8, 4) is 0 Å². The van der Waals surface area contributed by atoms with Crippen LogP contribution in [-0.4, -0.2) is 45.2 Å². The Morgan fingerprint density at radius 3 is 2.85 bits per heavy atom. The van der Waals surface area contributed by atoms with Crippen molar-refractivity contribution in [3.05, 3.63) is 29.6 Å². The van der Waals surface area contributed by atoms with Crippen molar-refractivity contribution in [1.29, 1.82) is 0 Å². The highest BCUT2D eigenvalue weighted by molar-refractivity contribution is 5.96. The van der Waals surface area contributed by atoms with E-state index < -0.39 is 0 Å². The summed E-state index contributed by atoms with van der Waals surface area (Å²) in [7, 11) is 0. The van der Waals surface area contributed by atoms with Crippen molar-refractivity contribution in [2.24, 2.45) is 16.8 Å². The molecule has 20 heavy (non-hydrogen) atoms. The van der Waals surface area contributed by atoms with Gasteiger partial charge in [0.15, 0.2) is 5.84 Å². The fourth-order valence-corrected chi connectivity index (χ4v) is 2.68. The van der Waals surface area contributed by atoms with Gasteiger partial charge in [0.2, 0.25) is 0 Å². The number of rotatable bonds is 4. The lowest BCUT2D eigenvalue weighted by molar-refractivity contribution is 0.0695. The molecule has 6 nitrogen and oxygen atoms in total. The third kappa shape index (κ3) is 3.46. The number of oxime groups is 1. The number of aliphatic hydroxyl groups excluding tert-OH is 1. The van der Waals surface area contributed by atoms with Gasteiger partial charge in [-0.1, -0.05) is 11.2 Å². The lowest BCUT2D eigenvalue weighted by Crippen LogP contribution is -2.37. The molecule has 1 aromatic rings. The number of hydrogen-bond donors (Lipinski definition) is 3. The Bertz CT molecular complexity index is 468. The van der Waals surface area contributed by atoms with E-state index in [0.29, 0.717) is 11.6 Å². The maximum atomic E-state index is 9.61. The van der Waals surface area contributed by atoms with Crippen LogP contribution in [0.25, 0.3) is 0 Å². The van der Waals surface area contributed by atoms with E-state index in [9.17, 15) is 5.11 Å². The van der Waals surface area contributed by atoms with Crippen LogP contribution >= 0.6 is 0 Å². The molecule has 2 rings (SSSR count). The van der Waals surface area contributed by atoms with Gasteiger partial charge in [-0.2, -0.15) is 0 Å². The summed E-state index contributed by atoms with van der Waals surface area (Å²) in [6, 6.07) is 3.80. The van der Waals surface area contributed by atoms with Crippen LogP contribution in [0.1, 0.15) is 31.0 Å². The first-order valence-corrected chi connectivity index (χ1v) is 6.94. The molecular formula is C14H22N4O2. The van der Waals surface area contributed by atoms with E-state index in [0.717, 1.165) is 38.0 Å². The van der Waals surface area contributed by atoms with E-state index in [-0.39, 0.29) is 11.9 Å². The van der Waals surface area contributed by atoms with Gasteiger partial charge in [-0.05, 0) is 50.4 Å². The van der Waals surface area contributed by atoms with Gasteiger partial charge in [0, 0.05) is 12.7 Å². The number of nitrogens with two attached hydrogens (primary N) is 1. The van der Waals surface area contributed by atoms with Crippen molar-refractivity contribution in [3.63, 3.8) is 0 Å². The average molecular weight is 278 g/mol. The molecule has 0 amide bonds. The highest BCUT2D eigenvalue weighted by atomic mass is 16.4. The van der Waals surface area contributed by atoms with Crippen molar-refractivity contribution < 1.29 is 10.3 Å². The predicted octanol–water partition coefficient (Wildman–Crippen LogP) is 0.769. The second kappa shape index (κ2) is 6.67. The van der Waals surface area contributed by atoms with Gasteiger partial charge in [0.25, 0.3) is 0 Å². The van der Waals surface area contributed by atoms with Crippen LogP contribution in [0.3, 0.4) is 0 Å². The van der Waals surface area contributed by atoms with Gasteiger partial charge in [-0.25, -0.2) is 0 Å². The first kappa shape index (κ1) is 14.7. The molecule has 0 radical (unpaired) electrons. The summed E-state index contributed by atoms with van der Waals surface area (Å²) in [5.41, 5.74) is 7.14. The Labute approximate surface area is 118 Å². The fourth-order valence-electron chi connectivity index (χ4n) is 2.68. The molecule has 1 aliphatic heterocycles. The maximum absolute atomic E-state index is 9.61. The van der Waals surface area contributed by atoms with Crippen LogP contribution in [0.2, 0.25) is 0 Å². The molecule has 2 heterocycles. The number of aliphatic hydroxyl groups is 1. The molecule has 0 saturated carbocycles. The van der Waals surface area contributed by atoms with Gasteiger partial charge in [-0.3, -0.25) is 9.88 Å². The molecule has 1 fully saturated rings. The number of piperidine rings is 1. The minimum Gasteiger partial charge on any atom is -0.409 e. The van der Waals surface area contributed by atoms with Gasteiger partial charge in [0.05, 0.1) is 6.10 Å². The third-order valence-corrected chi connectivity index (χ3v) is 3.95. The van der Waals surface area contributed by atoms with Crippen molar-refractivity contribution in [2.45, 2.75) is 32.4 Å². The minimum absolute atomic E-state index is 0.0412. The van der Waals surface area contributed by atoms with Crippen LogP contribution < -0.4 is 5.73 Å². The Morgan fingerprint density at radius 1 is 1.55 bits per heavy atom. The van der Waals surface area contributed by atoms with Crippen molar-refractivity contribution >= 4 is 5.84 Å². The second-order valence-electron chi connectivity index (χ2n) is 5.35. The van der Waals surface area contributed by atoms with E-state index in [4.69, 9.17) is 10.9 Å². The zero-order valence-corrected chi connectivity index (χ0v) is 11.7. The number of pyridine rings is 1. The Kier molecular flexibility index (Phi) is 4.92. The molecule has 4 N–H and O–H groups in total. The molecule has 1 aliphatic rings. The SMILES string of the molecule is CC(O)C1CCN(Cc2cccnc2/C(N)=N/O)CC1. The lowest BCUT2D eigenvalue weighted by Gasteiger charge is -2.33. The van der Waals surface area contributed by atoms with Crippen LogP contribution in [0.5, 0.6) is 0 Å². The summed E-state index contributed by atoms with van der Waals surface area (Å²) in [6.45, 7) is 4.48. The summed E-state index contributed by atoms with van der Waals surface area (Å²) < 4.78 is 0. The second-order valence-corrected chi connectivity index (χ2v) is 5.35. The number of aromatic nitrogens is 1. The molecule has 6 heteroatoms. The topological polar surface area (TPSA) is 95.0 Å². The van der Waals surface area contributed by atoms with E-state index in [1.165, 1.54) is 0 Å². The maximum Gasteiger partial charge on any atom is 0.189 e. The van der Waals surface area contributed by atoms with Gasteiger partial charge in [0.1, 0.15) is 5.69 Å². The predicted molar refractivity (Wildman–Crippen MR) is 76.4 cm³/mol. The number of hydrogen-bond acceptors (Lipinski definition) is 5. The molecular weight excluding hydrogens is 256 g/mol. The number of nitrogens with zero attached hydrogens (tertiary/aromatic N) is 3. The fraction of sp³-hybridized carbons (Fsp3) is 0.571. The third-order valence-electron chi connectivity index (χ3n) is 3.95. The van der Waals surface area contributed by atoms with Crippen molar-refractivity contribution in [1.82, 2.24) is 9.88 Å². The zero-order chi connectivity index (χ0) is 14.5. The Hall–Kier alpha value is -1.66. The standard InChI is InChI=1S/C14H22N4O2/c1-10(19)11-4-7-18(8-5-11)9-12-3-2-6-16-13(12)14(15)17-20/h2-3,6,10-11,19-20H,4-5,7-9H2,1H3,(H2,15,17). The van der Waals surface area contributed by atoms with Crippen LogP contribution in [-0.2, 0) is 6.54 Å². The van der Waals surface area contributed by atoms with E-state index in [1.54, 1.807) is 6.20 Å². The summed E-state index contributed by atoms with van der Waals surface area (Å²) in [6.07, 6.45) is 3.40. The van der Waals surface area contributed by atoms with Crippen LogP contribution in [0.15, 0.2) is 23.5 Å². The first-order valence-electron chi connectivity index (χ1n) is 6.94. The van der Waals surface area contributed by atoms with Crippen LogP contribution in [0, 0.1) is 5.92 Å². The zero-order valence-electron chi connectivity index (χ0n) is 11.7. The lowest BCUT2D eigenvalue weighted by atomic mass is 9.92. The Balaban J connectivity index is 2.01. The number of amidine groups is 1. The first-order chi connectivity index (χ1) is 9.61.